The lowest BCUT2D eigenvalue weighted by atomic mass is 10.1. The number of carboxylic acids is 1. The van der Waals surface area contributed by atoms with Crippen molar-refractivity contribution in [2.45, 2.75) is 155 Å². The van der Waals surface area contributed by atoms with Gasteiger partial charge in [0.15, 0.2) is 0 Å². The molecule has 0 radical (unpaired) electrons. The van der Waals surface area contributed by atoms with Crippen molar-refractivity contribution in [2.75, 3.05) is 19.6 Å². The first kappa shape index (κ1) is 39.4. The lowest BCUT2D eigenvalue weighted by molar-refractivity contribution is -0.140. The van der Waals surface area contributed by atoms with Crippen molar-refractivity contribution in [3.8, 4) is 0 Å². The van der Waals surface area contributed by atoms with Gasteiger partial charge in [-0.1, -0.05) is 90.4 Å². The summed E-state index contributed by atoms with van der Waals surface area (Å²) in [4.78, 5) is 58.7. The molecule has 0 aliphatic rings. The Bertz CT molecular complexity index is 747. The normalized spacial score (nSPS) is 11.5. The summed E-state index contributed by atoms with van der Waals surface area (Å²) in [5.74, 6) is -1.98. The van der Waals surface area contributed by atoms with E-state index in [-0.39, 0.29) is 24.1 Å². The molecular formula is C32H60N4O6. The third-order valence-electron chi connectivity index (χ3n) is 7.22. The van der Waals surface area contributed by atoms with E-state index in [9.17, 15) is 29.1 Å². The van der Waals surface area contributed by atoms with E-state index in [1.54, 1.807) is 0 Å². The molecule has 1 atom stereocenters. The van der Waals surface area contributed by atoms with Gasteiger partial charge >= 0.3 is 5.97 Å². The van der Waals surface area contributed by atoms with Crippen LogP contribution in [0.1, 0.15) is 149 Å². The Kier molecular flexibility index (Phi) is 26.7. The van der Waals surface area contributed by atoms with Crippen LogP contribution in [0.15, 0.2) is 0 Å². The zero-order valence-corrected chi connectivity index (χ0v) is 26.5. The molecule has 0 aromatic heterocycles. The highest BCUT2D eigenvalue weighted by atomic mass is 16.4. The fraction of sp³-hybridized carbons (Fsp3) is 0.844. The molecule has 1 unspecified atom stereocenters. The third-order valence-corrected chi connectivity index (χ3v) is 7.22. The second-order valence-corrected chi connectivity index (χ2v) is 11.4. The number of hydrogen-bond donors (Lipinski definition) is 5. The van der Waals surface area contributed by atoms with Gasteiger partial charge in [0.1, 0.15) is 6.04 Å². The van der Waals surface area contributed by atoms with Crippen molar-refractivity contribution >= 4 is 29.6 Å². The Labute approximate surface area is 254 Å². The number of hydrogen-bond acceptors (Lipinski definition) is 5. The van der Waals surface area contributed by atoms with Crippen molar-refractivity contribution in [1.29, 1.82) is 0 Å². The fourth-order valence-corrected chi connectivity index (χ4v) is 4.71. The van der Waals surface area contributed by atoms with Crippen molar-refractivity contribution < 1.29 is 29.1 Å². The van der Waals surface area contributed by atoms with Crippen LogP contribution in [0.4, 0.5) is 0 Å². The Morgan fingerprint density at radius 2 is 0.976 bits per heavy atom. The van der Waals surface area contributed by atoms with Gasteiger partial charge in [-0.2, -0.15) is 0 Å². The van der Waals surface area contributed by atoms with Gasteiger partial charge in [-0.25, -0.2) is 0 Å². The zero-order chi connectivity index (χ0) is 31.3. The number of carbonyl (C=O) groups excluding carboxylic acids is 4. The van der Waals surface area contributed by atoms with Gasteiger partial charge in [-0.05, 0) is 32.1 Å². The Balaban J connectivity index is 3.89. The smallest absolute Gasteiger partial charge is 0.305 e. The van der Waals surface area contributed by atoms with Crippen LogP contribution in [0.3, 0.4) is 0 Å². The molecule has 4 amide bonds. The van der Waals surface area contributed by atoms with Crippen LogP contribution >= 0.6 is 0 Å². The molecule has 10 heteroatoms. The first-order valence-corrected chi connectivity index (χ1v) is 16.6. The topological polar surface area (TPSA) is 154 Å². The summed E-state index contributed by atoms with van der Waals surface area (Å²) in [5, 5.41) is 20.1. The number of aliphatic carboxylic acids is 1. The molecular weight excluding hydrogens is 536 g/mol. The molecule has 10 nitrogen and oxygen atoms in total. The van der Waals surface area contributed by atoms with Gasteiger partial charge in [0, 0.05) is 39.4 Å². The van der Waals surface area contributed by atoms with Crippen molar-refractivity contribution in [2.24, 2.45) is 0 Å². The second kappa shape index (κ2) is 28.5. The molecule has 0 aromatic carbocycles. The summed E-state index contributed by atoms with van der Waals surface area (Å²) >= 11 is 0. The Hall–Kier alpha value is -2.65. The molecule has 0 heterocycles. The van der Waals surface area contributed by atoms with Gasteiger partial charge in [0.2, 0.25) is 23.6 Å². The van der Waals surface area contributed by atoms with E-state index in [1.165, 1.54) is 64.7 Å². The molecule has 0 fully saturated rings. The first-order chi connectivity index (χ1) is 20.3. The molecule has 0 spiro atoms. The highest BCUT2D eigenvalue weighted by Gasteiger charge is 2.23. The SMILES string of the molecule is CCCCCCCCCCCCCCNC(=O)C(CC(=O)O)NC(=O)CCCCCNC(=O)CCCCCNC(C)=O. The summed E-state index contributed by atoms with van der Waals surface area (Å²) in [6.07, 6.45) is 19.5. The van der Waals surface area contributed by atoms with Crippen LogP contribution in [0, 0.1) is 0 Å². The van der Waals surface area contributed by atoms with Crippen LogP contribution in [0.2, 0.25) is 0 Å². The molecule has 0 saturated heterocycles. The minimum atomic E-state index is -1.13. The minimum Gasteiger partial charge on any atom is -0.481 e. The number of nitrogens with one attached hydrogen (secondary N) is 4. The van der Waals surface area contributed by atoms with Crippen LogP contribution in [-0.2, 0) is 24.0 Å². The monoisotopic (exact) mass is 596 g/mol. The average Bonchev–Trinajstić information content (AvgIpc) is 2.94. The minimum absolute atomic E-state index is 0.00158. The van der Waals surface area contributed by atoms with Gasteiger partial charge in [-0.15, -0.1) is 0 Å². The maximum absolute atomic E-state index is 12.5. The van der Waals surface area contributed by atoms with Gasteiger partial charge in [-0.3, -0.25) is 24.0 Å². The van der Waals surface area contributed by atoms with E-state index >= 15 is 0 Å². The van der Waals surface area contributed by atoms with E-state index in [0.717, 1.165) is 51.4 Å². The molecule has 0 bridgehead atoms. The number of amides is 4. The predicted octanol–water partition coefficient (Wildman–Crippen LogP) is 5.14. The maximum atomic E-state index is 12.5. The quantitative estimate of drug-likeness (QED) is 0.0754. The standard InChI is InChI=1S/C32H60N4O6/c1-3-4-5-6-7-8-9-10-11-12-13-18-25-35-32(42)28(26-31(40)41)36-30(39)22-17-15-20-24-34-29(38)21-16-14-19-23-33-27(2)37/h28H,3-26H2,1-2H3,(H,33,37)(H,34,38)(H,35,42)(H,36,39)(H,40,41). The van der Waals surface area contributed by atoms with Gasteiger partial charge < -0.3 is 26.4 Å². The lowest BCUT2D eigenvalue weighted by Crippen LogP contribution is -2.48. The summed E-state index contributed by atoms with van der Waals surface area (Å²) in [6.45, 7) is 5.36. The zero-order valence-electron chi connectivity index (χ0n) is 26.5. The van der Waals surface area contributed by atoms with E-state index in [0.29, 0.717) is 32.5 Å². The highest BCUT2D eigenvalue weighted by molar-refractivity contribution is 5.90. The fourth-order valence-electron chi connectivity index (χ4n) is 4.71. The van der Waals surface area contributed by atoms with Crippen molar-refractivity contribution in [3.63, 3.8) is 0 Å². The molecule has 42 heavy (non-hydrogen) atoms. The molecule has 244 valence electrons. The Morgan fingerprint density at radius 1 is 0.548 bits per heavy atom. The van der Waals surface area contributed by atoms with Crippen LogP contribution in [0.25, 0.3) is 0 Å². The molecule has 5 N–H and O–H groups in total. The van der Waals surface area contributed by atoms with Crippen molar-refractivity contribution in [3.05, 3.63) is 0 Å². The predicted molar refractivity (Wildman–Crippen MR) is 167 cm³/mol. The number of rotatable bonds is 29. The summed E-state index contributed by atoms with van der Waals surface area (Å²) in [5.41, 5.74) is 0. The summed E-state index contributed by atoms with van der Waals surface area (Å²) < 4.78 is 0. The highest BCUT2D eigenvalue weighted by Crippen LogP contribution is 2.12. The van der Waals surface area contributed by atoms with E-state index in [4.69, 9.17) is 0 Å². The van der Waals surface area contributed by atoms with Crippen molar-refractivity contribution in [1.82, 2.24) is 21.3 Å². The number of carbonyl (C=O) groups is 5. The Morgan fingerprint density at radius 3 is 1.48 bits per heavy atom. The lowest BCUT2D eigenvalue weighted by Gasteiger charge is -2.17. The van der Waals surface area contributed by atoms with Crippen LogP contribution in [-0.4, -0.2) is 60.4 Å². The second-order valence-electron chi connectivity index (χ2n) is 11.4. The van der Waals surface area contributed by atoms with Crippen LogP contribution in [0.5, 0.6) is 0 Å². The largest absolute Gasteiger partial charge is 0.481 e. The molecule has 0 aliphatic heterocycles. The number of unbranched alkanes of at least 4 members (excludes halogenated alkanes) is 15. The third kappa shape index (κ3) is 27.5. The maximum Gasteiger partial charge on any atom is 0.305 e. The first-order valence-electron chi connectivity index (χ1n) is 16.6. The van der Waals surface area contributed by atoms with E-state index in [2.05, 4.69) is 28.2 Å². The van der Waals surface area contributed by atoms with Gasteiger partial charge in [0.05, 0.1) is 6.42 Å². The summed E-state index contributed by atoms with van der Waals surface area (Å²) in [7, 11) is 0. The van der Waals surface area contributed by atoms with E-state index < -0.39 is 24.3 Å². The van der Waals surface area contributed by atoms with Gasteiger partial charge in [0.25, 0.3) is 0 Å². The van der Waals surface area contributed by atoms with Crippen LogP contribution < -0.4 is 21.3 Å². The summed E-state index contributed by atoms with van der Waals surface area (Å²) in [6, 6.07) is -1.08. The van der Waals surface area contributed by atoms with E-state index in [1.807, 2.05) is 0 Å². The molecule has 0 aromatic rings. The molecule has 0 aliphatic carbocycles. The molecule has 0 rings (SSSR count). The number of carboxylic acid groups (broad SMARTS) is 1. The average molecular weight is 597 g/mol. The molecule has 0 saturated carbocycles.